The van der Waals surface area contributed by atoms with Gasteiger partial charge in [0.1, 0.15) is 0 Å². The lowest BCUT2D eigenvalue weighted by Gasteiger charge is -2.39. The molecule has 5 heteroatoms. The zero-order valence-electron chi connectivity index (χ0n) is 10.1. The molecule has 0 bridgehead atoms. The normalized spacial score (nSPS) is 17.5. The number of nitrogens with one attached hydrogen (secondary N) is 1. The van der Waals surface area contributed by atoms with E-state index >= 15 is 0 Å². The monoisotopic (exact) mass is 236 g/mol. The van der Waals surface area contributed by atoms with Crippen molar-refractivity contribution in [1.82, 2.24) is 14.9 Å². The van der Waals surface area contributed by atoms with Gasteiger partial charge in [-0.3, -0.25) is 4.79 Å². The fraction of sp³-hybridized carbons (Fsp3) is 0.667. The van der Waals surface area contributed by atoms with Gasteiger partial charge in [-0.05, 0) is 19.3 Å². The molecule has 1 aromatic heterocycles. The first-order chi connectivity index (χ1) is 8.27. The largest absolute Gasteiger partial charge is 0.356 e. The molecule has 1 aliphatic carbocycles. The van der Waals surface area contributed by atoms with Crippen LogP contribution in [0.25, 0.3) is 0 Å². The van der Waals surface area contributed by atoms with Crippen LogP contribution < -0.4 is 11.1 Å². The minimum atomic E-state index is -0.255. The first-order valence-electron chi connectivity index (χ1n) is 6.21. The van der Waals surface area contributed by atoms with Gasteiger partial charge in [0.2, 0.25) is 5.91 Å². The van der Waals surface area contributed by atoms with E-state index in [1.54, 1.807) is 12.5 Å². The summed E-state index contributed by atoms with van der Waals surface area (Å²) < 4.78 is 2.01. The van der Waals surface area contributed by atoms with Crippen LogP contribution in [0.4, 0.5) is 0 Å². The first kappa shape index (κ1) is 12.1. The van der Waals surface area contributed by atoms with Gasteiger partial charge in [0.15, 0.2) is 0 Å². The lowest BCUT2D eigenvalue weighted by molar-refractivity contribution is -0.135. The Morgan fingerprint density at radius 3 is 2.88 bits per heavy atom. The Hall–Kier alpha value is -1.36. The Labute approximate surface area is 101 Å². The van der Waals surface area contributed by atoms with Gasteiger partial charge in [0, 0.05) is 32.0 Å². The average molecular weight is 236 g/mol. The third-order valence-corrected chi connectivity index (χ3v) is 3.62. The molecule has 94 valence electrons. The van der Waals surface area contributed by atoms with Crippen molar-refractivity contribution in [3.63, 3.8) is 0 Å². The minimum absolute atomic E-state index is 0.136. The van der Waals surface area contributed by atoms with Crippen LogP contribution in [0, 0.1) is 5.41 Å². The smallest absolute Gasteiger partial charge is 0.227 e. The molecule has 0 aromatic carbocycles. The van der Waals surface area contributed by atoms with Crippen molar-refractivity contribution in [2.45, 2.75) is 32.2 Å². The SMILES string of the molecule is NCC1(C(=O)NCCCn2ccnc2)CCC1. The standard InChI is InChI=1S/C12H20N4O/c13-9-12(3-1-4-12)11(17)15-5-2-7-16-8-6-14-10-16/h6,8,10H,1-5,7,9,13H2,(H,15,17). The summed E-state index contributed by atoms with van der Waals surface area (Å²) in [6.45, 7) is 2.06. The molecule has 1 fully saturated rings. The van der Waals surface area contributed by atoms with Crippen molar-refractivity contribution in [3.05, 3.63) is 18.7 Å². The van der Waals surface area contributed by atoms with Gasteiger partial charge in [-0.2, -0.15) is 0 Å². The quantitative estimate of drug-likeness (QED) is 0.707. The molecule has 5 nitrogen and oxygen atoms in total. The summed E-state index contributed by atoms with van der Waals surface area (Å²) in [5, 5.41) is 2.99. The van der Waals surface area contributed by atoms with E-state index in [0.717, 1.165) is 32.2 Å². The van der Waals surface area contributed by atoms with E-state index in [4.69, 9.17) is 5.73 Å². The molecule has 0 unspecified atom stereocenters. The predicted molar refractivity (Wildman–Crippen MR) is 65.2 cm³/mol. The van der Waals surface area contributed by atoms with Crippen molar-refractivity contribution in [1.29, 1.82) is 0 Å². The minimum Gasteiger partial charge on any atom is -0.356 e. The van der Waals surface area contributed by atoms with Crippen LogP contribution in [0.2, 0.25) is 0 Å². The summed E-state index contributed by atoms with van der Waals surface area (Å²) in [4.78, 5) is 15.9. The molecule has 1 heterocycles. The zero-order chi connectivity index (χ0) is 12.1. The van der Waals surface area contributed by atoms with Crippen LogP contribution in [0.3, 0.4) is 0 Å². The van der Waals surface area contributed by atoms with Crippen molar-refractivity contribution >= 4 is 5.91 Å². The molecule has 1 saturated carbocycles. The van der Waals surface area contributed by atoms with Crippen molar-refractivity contribution in [3.8, 4) is 0 Å². The summed E-state index contributed by atoms with van der Waals surface area (Å²) in [6, 6.07) is 0. The molecule has 1 aliphatic rings. The van der Waals surface area contributed by atoms with Gasteiger partial charge >= 0.3 is 0 Å². The third kappa shape index (κ3) is 2.66. The highest BCUT2D eigenvalue weighted by molar-refractivity contribution is 5.83. The van der Waals surface area contributed by atoms with Crippen molar-refractivity contribution < 1.29 is 4.79 Å². The molecular weight excluding hydrogens is 216 g/mol. The van der Waals surface area contributed by atoms with Gasteiger partial charge in [0.25, 0.3) is 0 Å². The fourth-order valence-corrected chi connectivity index (χ4v) is 2.20. The molecule has 0 radical (unpaired) electrons. The van der Waals surface area contributed by atoms with Crippen LogP contribution >= 0.6 is 0 Å². The summed E-state index contributed by atoms with van der Waals surface area (Å²) in [6.07, 6.45) is 9.40. The summed E-state index contributed by atoms with van der Waals surface area (Å²) in [5.74, 6) is 0.136. The van der Waals surface area contributed by atoms with Crippen LogP contribution in [0.5, 0.6) is 0 Å². The van der Waals surface area contributed by atoms with Gasteiger partial charge in [-0.25, -0.2) is 4.98 Å². The molecule has 3 N–H and O–H groups in total. The summed E-state index contributed by atoms with van der Waals surface area (Å²) in [7, 11) is 0. The number of imidazole rings is 1. The van der Waals surface area contributed by atoms with E-state index < -0.39 is 0 Å². The highest BCUT2D eigenvalue weighted by atomic mass is 16.2. The van der Waals surface area contributed by atoms with E-state index in [-0.39, 0.29) is 11.3 Å². The Morgan fingerprint density at radius 1 is 1.53 bits per heavy atom. The van der Waals surface area contributed by atoms with E-state index in [1.807, 2.05) is 10.8 Å². The maximum absolute atomic E-state index is 11.9. The topological polar surface area (TPSA) is 72.9 Å². The number of aryl methyl sites for hydroxylation is 1. The van der Waals surface area contributed by atoms with E-state index in [9.17, 15) is 4.79 Å². The Bertz CT molecular complexity index is 351. The Morgan fingerprint density at radius 2 is 2.35 bits per heavy atom. The number of hydrogen-bond donors (Lipinski definition) is 2. The van der Waals surface area contributed by atoms with E-state index in [1.165, 1.54) is 0 Å². The number of carbonyl (C=O) groups is 1. The molecule has 1 amide bonds. The average Bonchev–Trinajstić information content (AvgIpc) is 2.76. The van der Waals surface area contributed by atoms with Crippen LogP contribution in [-0.2, 0) is 11.3 Å². The van der Waals surface area contributed by atoms with E-state index in [2.05, 4.69) is 10.3 Å². The maximum Gasteiger partial charge on any atom is 0.227 e. The van der Waals surface area contributed by atoms with Crippen LogP contribution in [0.1, 0.15) is 25.7 Å². The molecule has 0 spiro atoms. The van der Waals surface area contributed by atoms with Crippen molar-refractivity contribution in [2.24, 2.45) is 11.1 Å². The molecule has 1 aromatic rings. The molecule has 0 atom stereocenters. The lowest BCUT2D eigenvalue weighted by Crippen LogP contribution is -2.50. The number of aromatic nitrogens is 2. The Kier molecular flexibility index (Phi) is 3.78. The number of rotatable bonds is 6. The number of nitrogens with zero attached hydrogens (tertiary/aromatic N) is 2. The van der Waals surface area contributed by atoms with Crippen LogP contribution in [-0.4, -0.2) is 28.5 Å². The number of carbonyl (C=O) groups excluding carboxylic acids is 1. The highest BCUT2D eigenvalue weighted by Gasteiger charge is 2.42. The second kappa shape index (κ2) is 5.31. The second-order valence-corrected chi connectivity index (χ2v) is 4.75. The zero-order valence-corrected chi connectivity index (χ0v) is 10.1. The number of nitrogens with two attached hydrogens (primary N) is 1. The molecule has 0 saturated heterocycles. The van der Waals surface area contributed by atoms with Gasteiger partial charge in [0.05, 0.1) is 11.7 Å². The molecule has 2 rings (SSSR count). The molecular formula is C12H20N4O. The predicted octanol–water partition coefficient (Wildman–Crippen LogP) is 0.518. The molecule has 0 aliphatic heterocycles. The van der Waals surface area contributed by atoms with Gasteiger partial charge in [-0.1, -0.05) is 6.42 Å². The highest BCUT2D eigenvalue weighted by Crippen LogP contribution is 2.39. The summed E-state index contributed by atoms with van der Waals surface area (Å²) >= 11 is 0. The Balaban J connectivity index is 1.66. The number of amides is 1. The fourth-order valence-electron chi connectivity index (χ4n) is 2.20. The number of hydrogen-bond acceptors (Lipinski definition) is 3. The summed E-state index contributed by atoms with van der Waals surface area (Å²) in [5.41, 5.74) is 5.42. The third-order valence-electron chi connectivity index (χ3n) is 3.62. The van der Waals surface area contributed by atoms with Gasteiger partial charge in [-0.15, -0.1) is 0 Å². The molecule has 17 heavy (non-hydrogen) atoms. The van der Waals surface area contributed by atoms with Crippen molar-refractivity contribution in [2.75, 3.05) is 13.1 Å². The lowest BCUT2D eigenvalue weighted by atomic mass is 9.68. The first-order valence-corrected chi connectivity index (χ1v) is 6.21. The van der Waals surface area contributed by atoms with Gasteiger partial charge < -0.3 is 15.6 Å². The maximum atomic E-state index is 11.9. The second-order valence-electron chi connectivity index (χ2n) is 4.75. The van der Waals surface area contributed by atoms with Crippen LogP contribution in [0.15, 0.2) is 18.7 Å². The van der Waals surface area contributed by atoms with E-state index in [0.29, 0.717) is 13.1 Å².